The number of nitrogens with zero attached hydrogens (tertiary/aromatic N) is 1. The highest BCUT2D eigenvalue weighted by molar-refractivity contribution is 7.99. The third kappa shape index (κ3) is 5.02. The number of hydrogen-bond acceptors (Lipinski definition) is 4. The second-order valence-electron chi connectivity index (χ2n) is 6.34. The van der Waals surface area contributed by atoms with Gasteiger partial charge in [0.25, 0.3) is 0 Å². The normalized spacial score (nSPS) is 13.0. The number of rotatable bonds is 5. The first-order valence-corrected chi connectivity index (χ1v) is 9.76. The van der Waals surface area contributed by atoms with E-state index in [1.165, 1.54) is 31.2 Å². The van der Waals surface area contributed by atoms with Crippen LogP contribution in [-0.2, 0) is 15.7 Å². The maximum Gasteiger partial charge on any atom is 0.339 e. The average molecular weight is 394 g/mol. The summed E-state index contributed by atoms with van der Waals surface area (Å²) in [5.74, 6) is -0.936. The molecule has 0 aliphatic heterocycles. The summed E-state index contributed by atoms with van der Waals surface area (Å²) in [5, 5.41) is 0. The van der Waals surface area contributed by atoms with Crippen LogP contribution in [0.2, 0.25) is 0 Å². The largest absolute Gasteiger partial charge is 0.465 e. The molecule has 0 heterocycles. The molecule has 0 bridgehead atoms. The Morgan fingerprint density at radius 2 is 1.81 bits per heavy atom. The fourth-order valence-corrected chi connectivity index (χ4v) is 3.51. The zero-order valence-electron chi connectivity index (χ0n) is 15.0. The van der Waals surface area contributed by atoms with E-state index >= 15 is 0 Å². The van der Waals surface area contributed by atoms with Crippen molar-refractivity contribution in [2.45, 2.75) is 35.3 Å². The Labute approximate surface area is 159 Å². The molecule has 1 atom stereocenters. The van der Waals surface area contributed by atoms with E-state index in [-0.39, 0.29) is 5.56 Å². The van der Waals surface area contributed by atoms with Crippen molar-refractivity contribution in [3.63, 3.8) is 0 Å². The summed E-state index contributed by atoms with van der Waals surface area (Å²) in [6.07, 6.45) is 1.29. The molecule has 0 spiro atoms. The van der Waals surface area contributed by atoms with Crippen LogP contribution in [0.1, 0.15) is 36.7 Å². The molecule has 0 aliphatic carbocycles. The SMILES string of the molecule is COC(=O)c1ccccc1Sc1cccc(F)c1/C=N/S(=O)C(C)(C)C. The van der Waals surface area contributed by atoms with Gasteiger partial charge < -0.3 is 4.74 Å². The number of methoxy groups -OCH3 is 1. The zero-order chi connectivity index (χ0) is 19.3. The van der Waals surface area contributed by atoms with Crippen molar-refractivity contribution in [3.05, 3.63) is 59.4 Å². The Kier molecular flexibility index (Phi) is 6.72. The topological polar surface area (TPSA) is 55.7 Å². The third-order valence-electron chi connectivity index (χ3n) is 3.33. The van der Waals surface area contributed by atoms with E-state index in [1.807, 2.05) is 0 Å². The minimum Gasteiger partial charge on any atom is -0.465 e. The van der Waals surface area contributed by atoms with E-state index in [4.69, 9.17) is 4.74 Å². The van der Waals surface area contributed by atoms with Gasteiger partial charge in [0.2, 0.25) is 0 Å². The van der Waals surface area contributed by atoms with Crippen molar-refractivity contribution < 1.29 is 18.1 Å². The predicted octanol–water partition coefficient (Wildman–Crippen LogP) is 4.64. The minimum atomic E-state index is -1.49. The van der Waals surface area contributed by atoms with Crippen LogP contribution in [0.3, 0.4) is 0 Å². The van der Waals surface area contributed by atoms with Gasteiger partial charge in [0.15, 0.2) is 0 Å². The van der Waals surface area contributed by atoms with E-state index in [0.29, 0.717) is 15.4 Å². The number of carbonyl (C=O) groups excluding carboxylic acids is 1. The quantitative estimate of drug-likeness (QED) is 0.548. The van der Waals surface area contributed by atoms with Crippen LogP contribution < -0.4 is 0 Å². The number of carbonyl (C=O) groups is 1. The summed E-state index contributed by atoms with van der Waals surface area (Å²) < 4.78 is 34.7. The molecule has 0 aliphatic rings. The van der Waals surface area contributed by atoms with Crippen molar-refractivity contribution in [3.8, 4) is 0 Å². The molecule has 0 aromatic heterocycles. The molecular formula is C19H20FNO3S2. The van der Waals surface area contributed by atoms with Crippen molar-refractivity contribution in [1.29, 1.82) is 0 Å². The molecular weight excluding hydrogens is 373 g/mol. The summed E-state index contributed by atoms with van der Waals surface area (Å²) >= 11 is 1.23. The highest BCUT2D eigenvalue weighted by Gasteiger charge is 2.19. The Hall–Kier alpha value is -1.99. The van der Waals surface area contributed by atoms with Crippen molar-refractivity contribution in [2.75, 3.05) is 7.11 Å². The van der Waals surface area contributed by atoms with Gasteiger partial charge in [0.1, 0.15) is 16.8 Å². The molecule has 26 heavy (non-hydrogen) atoms. The summed E-state index contributed by atoms with van der Waals surface area (Å²) in [6.45, 7) is 5.39. The van der Waals surface area contributed by atoms with Gasteiger partial charge in [-0.15, -0.1) is 0 Å². The van der Waals surface area contributed by atoms with Gasteiger partial charge in [-0.05, 0) is 45.0 Å². The molecule has 0 amide bonds. The van der Waals surface area contributed by atoms with Gasteiger partial charge >= 0.3 is 5.97 Å². The van der Waals surface area contributed by atoms with Gasteiger partial charge in [-0.2, -0.15) is 4.40 Å². The van der Waals surface area contributed by atoms with Gasteiger partial charge in [-0.3, -0.25) is 0 Å². The lowest BCUT2D eigenvalue weighted by atomic mass is 10.2. The molecule has 138 valence electrons. The Bertz CT molecular complexity index is 860. The number of hydrogen-bond donors (Lipinski definition) is 0. The number of halogens is 1. The Morgan fingerprint density at radius 3 is 2.46 bits per heavy atom. The van der Waals surface area contributed by atoms with Crippen LogP contribution in [-0.4, -0.2) is 28.2 Å². The highest BCUT2D eigenvalue weighted by atomic mass is 32.2. The van der Waals surface area contributed by atoms with E-state index in [0.717, 1.165) is 0 Å². The molecule has 4 nitrogen and oxygen atoms in total. The molecule has 0 saturated carbocycles. The van der Waals surface area contributed by atoms with Crippen LogP contribution >= 0.6 is 11.8 Å². The predicted molar refractivity (Wildman–Crippen MR) is 104 cm³/mol. The number of esters is 1. The first-order chi connectivity index (χ1) is 12.2. The van der Waals surface area contributed by atoms with Gasteiger partial charge in [-0.25, -0.2) is 13.4 Å². The molecule has 0 N–H and O–H groups in total. The summed E-state index contributed by atoms with van der Waals surface area (Å²) in [4.78, 5) is 13.1. The molecule has 2 aromatic carbocycles. The third-order valence-corrected chi connectivity index (χ3v) is 5.82. The first kappa shape index (κ1) is 20.3. The molecule has 2 aromatic rings. The fourth-order valence-electron chi connectivity index (χ4n) is 1.94. The van der Waals surface area contributed by atoms with Crippen molar-refractivity contribution in [2.24, 2.45) is 4.40 Å². The lowest BCUT2D eigenvalue weighted by Gasteiger charge is -2.13. The molecule has 2 rings (SSSR count). The fraction of sp³-hybridized carbons (Fsp3) is 0.263. The summed E-state index contributed by atoms with van der Waals surface area (Å²) in [5.41, 5.74) is 0.625. The van der Waals surface area contributed by atoms with Gasteiger partial charge in [-0.1, -0.05) is 30.0 Å². The van der Waals surface area contributed by atoms with Crippen LogP contribution in [0, 0.1) is 5.82 Å². The van der Waals surface area contributed by atoms with Crippen molar-refractivity contribution in [1.82, 2.24) is 0 Å². The average Bonchev–Trinajstić information content (AvgIpc) is 2.60. The highest BCUT2D eigenvalue weighted by Crippen LogP contribution is 2.33. The van der Waals surface area contributed by atoms with Crippen LogP contribution in [0.4, 0.5) is 4.39 Å². The molecule has 0 radical (unpaired) electrons. The molecule has 0 saturated heterocycles. The maximum atomic E-state index is 14.3. The number of ether oxygens (including phenoxy) is 1. The first-order valence-electron chi connectivity index (χ1n) is 7.84. The second kappa shape index (κ2) is 8.60. The lowest BCUT2D eigenvalue weighted by Crippen LogP contribution is -2.19. The summed E-state index contributed by atoms with van der Waals surface area (Å²) in [7, 11) is -0.183. The smallest absolute Gasteiger partial charge is 0.339 e. The minimum absolute atomic E-state index is 0.231. The lowest BCUT2D eigenvalue weighted by molar-refractivity contribution is 0.0597. The molecule has 1 unspecified atom stereocenters. The van der Waals surface area contributed by atoms with Gasteiger partial charge in [0, 0.05) is 21.6 Å². The number of benzene rings is 2. The molecule has 0 fully saturated rings. The van der Waals surface area contributed by atoms with E-state index in [1.54, 1.807) is 57.2 Å². The molecule has 7 heteroatoms. The summed E-state index contributed by atoms with van der Waals surface area (Å²) in [6, 6.07) is 11.6. The second-order valence-corrected chi connectivity index (χ2v) is 9.36. The van der Waals surface area contributed by atoms with Crippen molar-refractivity contribution >= 4 is 34.9 Å². The van der Waals surface area contributed by atoms with Gasteiger partial charge in [0.05, 0.1) is 17.4 Å². The van der Waals surface area contributed by atoms with E-state index in [2.05, 4.69) is 4.40 Å². The van der Waals surface area contributed by atoms with Crippen LogP contribution in [0.25, 0.3) is 0 Å². The van der Waals surface area contributed by atoms with E-state index in [9.17, 15) is 13.4 Å². The van der Waals surface area contributed by atoms with Crippen LogP contribution in [0.5, 0.6) is 0 Å². The van der Waals surface area contributed by atoms with Crippen LogP contribution in [0.15, 0.2) is 56.7 Å². The Morgan fingerprint density at radius 1 is 1.15 bits per heavy atom. The standard InChI is InChI=1S/C19H20FNO3S2/c1-19(2,3)26(23)21-12-14-15(20)9-7-11-17(14)25-16-10-6-5-8-13(16)18(22)24-4/h5-12H,1-4H3/b21-12+. The maximum absolute atomic E-state index is 14.3. The van der Waals surface area contributed by atoms with E-state index < -0.39 is 27.5 Å². The Balaban J connectivity index is 2.41. The monoisotopic (exact) mass is 393 g/mol. The zero-order valence-corrected chi connectivity index (χ0v) is 16.6.